The Labute approximate surface area is 193 Å². The van der Waals surface area contributed by atoms with E-state index in [1.54, 1.807) is 12.1 Å². The van der Waals surface area contributed by atoms with Crippen molar-refractivity contribution in [3.05, 3.63) is 126 Å². The summed E-state index contributed by atoms with van der Waals surface area (Å²) in [4.78, 5) is 4.71. The molecule has 1 aromatic heterocycles. The van der Waals surface area contributed by atoms with Crippen LogP contribution < -0.4 is 0 Å². The topological polar surface area (TPSA) is 37.5 Å². The largest absolute Gasteiger partial charge is 0.508 e. The van der Waals surface area contributed by atoms with Crippen molar-refractivity contribution in [2.75, 3.05) is 0 Å². The lowest BCUT2D eigenvalue weighted by Gasteiger charge is -2.15. The normalized spacial score (nSPS) is 11.2. The highest BCUT2D eigenvalue weighted by molar-refractivity contribution is 5.94. The third-order valence-electron chi connectivity index (χ3n) is 5.64. The molecule has 0 fully saturated rings. The molecular formula is C30H24N2O. The number of nitrogens with zero attached hydrogens (tertiary/aromatic N) is 2. The summed E-state index contributed by atoms with van der Waals surface area (Å²) in [6, 6.07) is 38.6. The highest BCUT2D eigenvalue weighted by Crippen LogP contribution is 2.35. The van der Waals surface area contributed by atoms with Gasteiger partial charge in [0.25, 0.3) is 0 Å². The van der Waals surface area contributed by atoms with Gasteiger partial charge in [-0.05, 0) is 60.5 Å². The molecule has 0 bridgehead atoms. The zero-order valence-corrected chi connectivity index (χ0v) is 18.4. The van der Waals surface area contributed by atoms with Gasteiger partial charge in [0, 0.05) is 17.5 Å². The molecule has 0 saturated heterocycles. The van der Waals surface area contributed by atoms with E-state index >= 15 is 0 Å². The molecule has 1 N–H and O–H groups in total. The molecule has 0 spiro atoms. The number of aryl methyl sites for hydroxylation is 1. The van der Waals surface area contributed by atoms with Crippen LogP contribution in [0.2, 0.25) is 0 Å². The molecule has 4 aromatic carbocycles. The SMILES string of the molecule is Cc1ccc(-n2c(-c3ccccc3)cc(C=Nc3ccc(O)cc3)c2-c2ccccc2)cc1. The van der Waals surface area contributed by atoms with Crippen LogP contribution in [0.25, 0.3) is 28.2 Å². The molecule has 3 heteroatoms. The summed E-state index contributed by atoms with van der Waals surface area (Å²) in [5, 5.41) is 9.59. The predicted molar refractivity (Wildman–Crippen MR) is 137 cm³/mol. The van der Waals surface area contributed by atoms with E-state index in [9.17, 15) is 5.11 Å². The van der Waals surface area contributed by atoms with Crippen molar-refractivity contribution >= 4 is 11.9 Å². The van der Waals surface area contributed by atoms with Crippen LogP contribution in [-0.4, -0.2) is 15.9 Å². The molecule has 0 radical (unpaired) electrons. The van der Waals surface area contributed by atoms with E-state index in [2.05, 4.69) is 90.4 Å². The fraction of sp³-hybridized carbons (Fsp3) is 0.0333. The molecule has 0 amide bonds. The molecule has 5 rings (SSSR count). The van der Waals surface area contributed by atoms with Crippen molar-refractivity contribution in [3.8, 4) is 34.0 Å². The number of aliphatic imine (C=N–C) groups is 1. The summed E-state index contributed by atoms with van der Waals surface area (Å²) in [5.74, 6) is 0.232. The summed E-state index contributed by atoms with van der Waals surface area (Å²) in [6.07, 6.45) is 1.91. The maximum Gasteiger partial charge on any atom is 0.115 e. The van der Waals surface area contributed by atoms with Gasteiger partial charge < -0.3 is 9.67 Å². The van der Waals surface area contributed by atoms with E-state index in [1.165, 1.54) is 5.56 Å². The van der Waals surface area contributed by atoms with Crippen LogP contribution in [0.4, 0.5) is 5.69 Å². The van der Waals surface area contributed by atoms with Crippen LogP contribution in [0, 0.1) is 6.92 Å². The summed E-state index contributed by atoms with van der Waals surface area (Å²) >= 11 is 0. The quantitative estimate of drug-likeness (QED) is 0.288. The Balaban J connectivity index is 1.76. The van der Waals surface area contributed by atoms with E-state index < -0.39 is 0 Å². The average molecular weight is 429 g/mol. The molecular weight excluding hydrogens is 404 g/mol. The smallest absolute Gasteiger partial charge is 0.115 e. The number of hydrogen-bond acceptors (Lipinski definition) is 2. The molecule has 1 heterocycles. The molecule has 33 heavy (non-hydrogen) atoms. The van der Waals surface area contributed by atoms with Crippen molar-refractivity contribution in [1.29, 1.82) is 0 Å². The van der Waals surface area contributed by atoms with E-state index in [0.717, 1.165) is 39.5 Å². The first-order valence-corrected chi connectivity index (χ1v) is 11.0. The van der Waals surface area contributed by atoms with Gasteiger partial charge in [0.2, 0.25) is 0 Å². The van der Waals surface area contributed by atoms with Gasteiger partial charge in [-0.15, -0.1) is 0 Å². The van der Waals surface area contributed by atoms with Crippen LogP contribution in [0.1, 0.15) is 11.1 Å². The first-order valence-electron chi connectivity index (χ1n) is 11.0. The lowest BCUT2D eigenvalue weighted by molar-refractivity contribution is 0.475. The lowest BCUT2D eigenvalue weighted by Crippen LogP contribution is -2.00. The Hall–Kier alpha value is -4.37. The second kappa shape index (κ2) is 9.01. The first-order chi connectivity index (χ1) is 16.2. The number of rotatable bonds is 5. The van der Waals surface area contributed by atoms with E-state index in [4.69, 9.17) is 4.99 Å². The summed E-state index contributed by atoms with van der Waals surface area (Å²) in [5.41, 5.74) is 8.58. The molecule has 0 aliphatic rings. The van der Waals surface area contributed by atoms with Crippen LogP contribution >= 0.6 is 0 Å². The maximum atomic E-state index is 9.59. The fourth-order valence-electron chi connectivity index (χ4n) is 3.99. The van der Waals surface area contributed by atoms with Gasteiger partial charge in [-0.25, -0.2) is 0 Å². The van der Waals surface area contributed by atoms with Crippen LogP contribution in [-0.2, 0) is 0 Å². The minimum atomic E-state index is 0.232. The number of aromatic hydroxyl groups is 1. The molecule has 0 saturated carbocycles. The van der Waals surface area contributed by atoms with Gasteiger partial charge >= 0.3 is 0 Å². The first kappa shape index (κ1) is 20.5. The van der Waals surface area contributed by atoms with Crippen molar-refractivity contribution in [1.82, 2.24) is 4.57 Å². The van der Waals surface area contributed by atoms with Gasteiger partial charge in [-0.3, -0.25) is 4.99 Å². The third kappa shape index (κ3) is 4.35. The predicted octanol–water partition coefficient (Wildman–Crippen LogP) is 7.58. The highest BCUT2D eigenvalue weighted by Gasteiger charge is 2.18. The van der Waals surface area contributed by atoms with Crippen molar-refractivity contribution in [2.24, 2.45) is 4.99 Å². The van der Waals surface area contributed by atoms with Gasteiger partial charge in [0.15, 0.2) is 0 Å². The second-order valence-corrected chi connectivity index (χ2v) is 8.01. The Bertz CT molecular complexity index is 1380. The molecule has 0 atom stereocenters. The highest BCUT2D eigenvalue weighted by atomic mass is 16.3. The molecule has 0 aliphatic carbocycles. The number of hydrogen-bond donors (Lipinski definition) is 1. The molecule has 0 aliphatic heterocycles. The minimum absolute atomic E-state index is 0.232. The zero-order valence-electron chi connectivity index (χ0n) is 18.4. The maximum absolute atomic E-state index is 9.59. The summed E-state index contributed by atoms with van der Waals surface area (Å²) in [6.45, 7) is 2.10. The monoisotopic (exact) mass is 428 g/mol. The number of benzene rings is 4. The Morgan fingerprint density at radius 3 is 1.94 bits per heavy atom. The van der Waals surface area contributed by atoms with E-state index in [1.807, 2.05) is 30.5 Å². The zero-order chi connectivity index (χ0) is 22.6. The number of phenols is 1. The third-order valence-corrected chi connectivity index (χ3v) is 5.64. The Morgan fingerprint density at radius 1 is 0.697 bits per heavy atom. The van der Waals surface area contributed by atoms with Gasteiger partial charge in [-0.1, -0.05) is 78.4 Å². The van der Waals surface area contributed by atoms with Crippen LogP contribution in [0.3, 0.4) is 0 Å². The Kier molecular flexibility index (Phi) is 5.61. The van der Waals surface area contributed by atoms with Crippen molar-refractivity contribution < 1.29 is 5.11 Å². The van der Waals surface area contributed by atoms with E-state index in [0.29, 0.717) is 0 Å². The average Bonchev–Trinajstić information content (AvgIpc) is 3.25. The van der Waals surface area contributed by atoms with Crippen molar-refractivity contribution in [3.63, 3.8) is 0 Å². The number of phenolic OH excluding ortho intramolecular Hbond substituents is 1. The molecule has 160 valence electrons. The summed E-state index contributed by atoms with van der Waals surface area (Å²) < 4.78 is 2.31. The standard InChI is InChI=1S/C30H24N2O/c1-22-12-16-27(17-13-22)32-29(23-8-4-2-5-9-23)20-25(30(32)24-10-6-3-7-11-24)21-31-26-14-18-28(33)19-15-26/h2-21,33H,1H3. The van der Waals surface area contributed by atoms with Crippen molar-refractivity contribution in [2.45, 2.75) is 6.92 Å². The van der Waals surface area contributed by atoms with Gasteiger partial charge in [0.05, 0.1) is 17.1 Å². The molecule has 3 nitrogen and oxygen atoms in total. The molecule has 0 unspecified atom stereocenters. The molecule has 5 aromatic rings. The lowest BCUT2D eigenvalue weighted by atomic mass is 10.1. The summed E-state index contributed by atoms with van der Waals surface area (Å²) in [7, 11) is 0. The minimum Gasteiger partial charge on any atom is -0.508 e. The van der Waals surface area contributed by atoms with Crippen LogP contribution in [0.5, 0.6) is 5.75 Å². The fourth-order valence-corrected chi connectivity index (χ4v) is 3.99. The van der Waals surface area contributed by atoms with Gasteiger partial charge in [0.1, 0.15) is 5.75 Å². The van der Waals surface area contributed by atoms with Gasteiger partial charge in [-0.2, -0.15) is 0 Å². The van der Waals surface area contributed by atoms with Crippen LogP contribution in [0.15, 0.2) is 120 Å². The second-order valence-electron chi connectivity index (χ2n) is 8.01. The number of aromatic nitrogens is 1. The Morgan fingerprint density at radius 2 is 1.30 bits per heavy atom. The van der Waals surface area contributed by atoms with E-state index in [-0.39, 0.29) is 5.75 Å².